The molecule has 18 heavy (non-hydrogen) atoms. The molecule has 0 unspecified atom stereocenters. The van der Waals surface area contributed by atoms with Gasteiger partial charge in [-0.15, -0.1) is 0 Å². The van der Waals surface area contributed by atoms with E-state index in [2.05, 4.69) is 20.9 Å². The van der Waals surface area contributed by atoms with Gasteiger partial charge in [-0.05, 0) is 40.2 Å². The molecule has 0 aliphatic carbocycles. The highest BCUT2D eigenvalue weighted by atomic mass is 79.9. The Labute approximate surface area is 113 Å². The maximum Gasteiger partial charge on any atom is 0.138 e. The molecule has 3 nitrogen and oxygen atoms in total. The van der Waals surface area contributed by atoms with Crippen molar-refractivity contribution >= 4 is 21.6 Å². The number of fused-ring (bicyclic) bond motifs is 1. The number of hydrogen-bond donors (Lipinski definition) is 0. The highest BCUT2D eigenvalue weighted by Crippen LogP contribution is 2.30. The van der Waals surface area contributed by atoms with E-state index < -0.39 is 0 Å². The van der Waals surface area contributed by atoms with E-state index >= 15 is 0 Å². The van der Waals surface area contributed by atoms with Crippen molar-refractivity contribution < 1.29 is 4.74 Å². The normalized spacial score (nSPS) is 10.8. The molecule has 0 aliphatic rings. The van der Waals surface area contributed by atoms with Gasteiger partial charge in [-0.3, -0.25) is 4.40 Å². The summed E-state index contributed by atoms with van der Waals surface area (Å²) >= 11 is 3.59. The van der Waals surface area contributed by atoms with Gasteiger partial charge in [0.25, 0.3) is 0 Å². The second kappa shape index (κ2) is 4.46. The summed E-state index contributed by atoms with van der Waals surface area (Å²) in [6.45, 7) is 0. The molecule has 2 heterocycles. The molecule has 0 aliphatic heterocycles. The summed E-state index contributed by atoms with van der Waals surface area (Å²) in [7, 11) is 1.66. The lowest BCUT2D eigenvalue weighted by Gasteiger charge is -2.02. The minimum absolute atomic E-state index is 0.830. The Hall–Kier alpha value is -1.81. The van der Waals surface area contributed by atoms with E-state index in [-0.39, 0.29) is 0 Å². The Balaban J connectivity index is 2.21. The molecule has 0 fully saturated rings. The highest BCUT2D eigenvalue weighted by molar-refractivity contribution is 9.10. The minimum Gasteiger partial charge on any atom is -0.497 e. The Kier molecular flexibility index (Phi) is 2.80. The molecule has 90 valence electrons. The maximum absolute atomic E-state index is 5.24. The van der Waals surface area contributed by atoms with Crippen LogP contribution < -0.4 is 4.74 Å². The third kappa shape index (κ3) is 1.78. The molecule has 0 N–H and O–H groups in total. The average Bonchev–Trinajstić information content (AvgIpc) is 2.77. The van der Waals surface area contributed by atoms with Crippen LogP contribution in [0.1, 0.15) is 0 Å². The average molecular weight is 303 g/mol. The molecular weight excluding hydrogens is 292 g/mol. The number of ether oxygens (including phenoxy) is 1. The first-order valence-corrected chi connectivity index (χ1v) is 6.36. The number of pyridine rings is 1. The van der Waals surface area contributed by atoms with E-state index in [0.717, 1.165) is 27.3 Å². The summed E-state index contributed by atoms with van der Waals surface area (Å²) in [5, 5.41) is 0. The smallest absolute Gasteiger partial charge is 0.138 e. The van der Waals surface area contributed by atoms with Crippen molar-refractivity contribution in [2.45, 2.75) is 0 Å². The number of nitrogens with zero attached hydrogens (tertiary/aromatic N) is 2. The second-order valence-electron chi connectivity index (χ2n) is 3.91. The standard InChI is InChI=1S/C14H11BrN2O/c1-18-11-6-4-5-10(9-11)13-14(15)17-8-3-2-7-12(17)16-13/h2-9H,1H3. The molecule has 0 amide bonds. The lowest BCUT2D eigenvalue weighted by molar-refractivity contribution is 0.415. The minimum atomic E-state index is 0.830. The van der Waals surface area contributed by atoms with E-state index in [1.807, 2.05) is 53.1 Å². The van der Waals surface area contributed by atoms with Crippen LogP contribution in [0, 0.1) is 0 Å². The van der Waals surface area contributed by atoms with Crippen molar-refractivity contribution in [1.82, 2.24) is 9.38 Å². The van der Waals surface area contributed by atoms with E-state index in [1.165, 1.54) is 0 Å². The molecule has 1 aromatic carbocycles. The van der Waals surface area contributed by atoms with Crippen LogP contribution >= 0.6 is 15.9 Å². The first kappa shape index (κ1) is 11.3. The van der Waals surface area contributed by atoms with Crippen LogP contribution in [-0.4, -0.2) is 16.5 Å². The number of methoxy groups -OCH3 is 1. The first-order valence-electron chi connectivity index (χ1n) is 5.56. The van der Waals surface area contributed by atoms with Crippen LogP contribution in [0.25, 0.3) is 16.9 Å². The topological polar surface area (TPSA) is 26.5 Å². The zero-order valence-electron chi connectivity index (χ0n) is 9.80. The number of imidazole rings is 1. The van der Waals surface area contributed by atoms with Gasteiger partial charge in [-0.25, -0.2) is 4.98 Å². The van der Waals surface area contributed by atoms with Gasteiger partial charge < -0.3 is 4.74 Å². The summed E-state index contributed by atoms with van der Waals surface area (Å²) in [6, 6.07) is 13.8. The van der Waals surface area contributed by atoms with Crippen molar-refractivity contribution in [2.75, 3.05) is 7.11 Å². The first-order chi connectivity index (χ1) is 8.79. The van der Waals surface area contributed by atoms with Crippen molar-refractivity contribution in [3.63, 3.8) is 0 Å². The summed E-state index contributed by atoms with van der Waals surface area (Å²) in [5.41, 5.74) is 2.87. The molecule has 0 atom stereocenters. The summed E-state index contributed by atoms with van der Waals surface area (Å²) in [6.07, 6.45) is 1.98. The van der Waals surface area contributed by atoms with Gasteiger partial charge in [-0.2, -0.15) is 0 Å². The van der Waals surface area contributed by atoms with Gasteiger partial charge in [0.05, 0.1) is 7.11 Å². The fourth-order valence-electron chi connectivity index (χ4n) is 1.92. The summed E-state index contributed by atoms with van der Waals surface area (Å²) < 4.78 is 8.20. The quantitative estimate of drug-likeness (QED) is 0.720. The monoisotopic (exact) mass is 302 g/mol. The second-order valence-corrected chi connectivity index (χ2v) is 4.66. The zero-order valence-corrected chi connectivity index (χ0v) is 11.4. The van der Waals surface area contributed by atoms with Gasteiger partial charge in [0.2, 0.25) is 0 Å². The predicted molar refractivity (Wildman–Crippen MR) is 74.9 cm³/mol. The molecule has 0 bridgehead atoms. The van der Waals surface area contributed by atoms with E-state index in [9.17, 15) is 0 Å². The van der Waals surface area contributed by atoms with Crippen molar-refractivity contribution in [3.8, 4) is 17.0 Å². The number of hydrogen-bond acceptors (Lipinski definition) is 2. The fraction of sp³-hybridized carbons (Fsp3) is 0.0714. The van der Waals surface area contributed by atoms with Gasteiger partial charge in [0.1, 0.15) is 21.7 Å². The largest absolute Gasteiger partial charge is 0.497 e. The number of rotatable bonds is 2. The zero-order chi connectivity index (χ0) is 12.5. The number of benzene rings is 1. The molecular formula is C14H11BrN2O. The van der Waals surface area contributed by atoms with Crippen LogP contribution in [0.15, 0.2) is 53.3 Å². The van der Waals surface area contributed by atoms with Crippen LogP contribution in [-0.2, 0) is 0 Å². The molecule has 0 spiro atoms. The van der Waals surface area contributed by atoms with Crippen molar-refractivity contribution in [2.24, 2.45) is 0 Å². The van der Waals surface area contributed by atoms with Gasteiger partial charge in [0, 0.05) is 11.8 Å². The van der Waals surface area contributed by atoms with Crippen LogP contribution in [0.5, 0.6) is 5.75 Å². The van der Waals surface area contributed by atoms with E-state index in [0.29, 0.717) is 0 Å². The molecule has 0 saturated heterocycles. The SMILES string of the molecule is COc1cccc(-c2nc3ccccn3c2Br)c1. The molecule has 0 radical (unpaired) electrons. The molecule has 0 saturated carbocycles. The van der Waals surface area contributed by atoms with Gasteiger partial charge >= 0.3 is 0 Å². The van der Waals surface area contributed by atoms with Crippen molar-refractivity contribution in [1.29, 1.82) is 0 Å². The Morgan fingerprint density at radius 3 is 2.83 bits per heavy atom. The number of aromatic nitrogens is 2. The Morgan fingerprint density at radius 2 is 2.06 bits per heavy atom. The fourth-order valence-corrected chi connectivity index (χ4v) is 2.54. The van der Waals surface area contributed by atoms with E-state index in [4.69, 9.17) is 4.74 Å². The lowest BCUT2D eigenvalue weighted by atomic mass is 10.1. The number of halogens is 1. The summed E-state index contributed by atoms with van der Waals surface area (Å²) in [4.78, 5) is 4.62. The third-order valence-corrected chi connectivity index (χ3v) is 3.57. The highest BCUT2D eigenvalue weighted by Gasteiger charge is 2.11. The summed E-state index contributed by atoms with van der Waals surface area (Å²) in [5.74, 6) is 0.830. The van der Waals surface area contributed by atoms with Crippen LogP contribution in [0.2, 0.25) is 0 Å². The van der Waals surface area contributed by atoms with Crippen LogP contribution in [0.3, 0.4) is 0 Å². The Morgan fingerprint density at radius 1 is 1.17 bits per heavy atom. The molecule has 3 rings (SSSR count). The van der Waals surface area contributed by atoms with Gasteiger partial charge in [-0.1, -0.05) is 18.2 Å². The lowest BCUT2D eigenvalue weighted by Crippen LogP contribution is -1.84. The van der Waals surface area contributed by atoms with Crippen LogP contribution in [0.4, 0.5) is 0 Å². The molecule has 2 aromatic heterocycles. The molecule has 3 aromatic rings. The maximum atomic E-state index is 5.24. The molecule has 4 heteroatoms. The Bertz CT molecular complexity index is 706. The van der Waals surface area contributed by atoms with Gasteiger partial charge in [0.15, 0.2) is 0 Å². The predicted octanol–water partition coefficient (Wildman–Crippen LogP) is 3.77. The third-order valence-electron chi connectivity index (χ3n) is 2.81. The van der Waals surface area contributed by atoms with E-state index in [1.54, 1.807) is 7.11 Å². The van der Waals surface area contributed by atoms with Crippen molar-refractivity contribution in [3.05, 3.63) is 53.3 Å².